The van der Waals surface area contributed by atoms with Crippen molar-refractivity contribution in [1.29, 1.82) is 0 Å². The van der Waals surface area contributed by atoms with Crippen LogP contribution < -0.4 is 5.32 Å². The smallest absolute Gasteiger partial charge is 0.0525 e. The Kier molecular flexibility index (Phi) is 4.88. The van der Waals surface area contributed by atoms with Gasteiger partial charge >= 0.3 is 0 Å². The average molecular weight is 126 g/mol. The van der Waals surface area contributed by atoms with E-state index in [4.69, 9.17) is 0 Å². The minimum Gasteiger partial charge on any atom is -0.384 e. The summed E-state index contributed by atoms with van der Waals surface area (Å²) in [6, 6.07) is 0. The molecule has 1 aliphatic heterocycles. The molecule has 2 heteroatoms. The zero-order valence-corrected chi connectivity index (χ0v) is 6.31. The van der Waals surface area contributed by atoms with E-state index in [9.17, 15) is 0 Å². The van der Waals surface area contributed by atoms with Crippen LogP contribution >= 0.6 is 0 Å². The Labute approximate surface area is 56.7 Å². The molecule has 2 nitrogen and oxygen atoms in total. The van der Waals surface area contributed by atoms with Crippen molar-refractivity contribution >= 4 is 6.21 Å². The first kappa shape index (κ1) is 8.21. The molecule has 0 radical (unpaired) electrons. The second-order valence-corrected chi connectivity index (χ2v) is 1.51. The van der Waals surface area contributed by atoms with Gasteiger partial charge in [-0.2, -0.15) is 0 Å². The maximum Gasteiger partial charge on any atom is 0.0525 e. The molecule has 1 heterocycles. The molecular weight excluding hydrogens is 112 g/mol. The Hall–Kier alpha value is -0.790. The van der Waals surface area contributed by atoms with Crippen molar-refractivity contribution in [3.8, 4) is 0 Å². The lowest BCUT2D eigenvalue weighted by Gasteiger charge is -2.00. The predicted octanol–water partition coefficient (Wildman–Crippen LogP) is 1.55. The van der Waals surface area contributed by atoms with Crippen LogP contribution in [-0.2, 0) is 0 Å². The van der Waals surface area contributed by atoms with Crippen molar-refractivity contribution in [3.63, 3.8) is 0 Å². The minimum atomic E-state index is 0.872. The average Bonchev–Trinajstić information content (AvgIpc) is 1.94. The van der Waals surface area contributed by atoms with E-state index in [0.717, 1.165) is 12.2 Å². The molecule has 0 amide bonds. The maximum atomic E-state index is 4.00. The van der Waals surface area contributed by atoms with E-state index in [1.807, 2.05) is 33.2 Å². The lowest BCUT2D eigenvalue weighted by molar-refractivity contribution is 0.973. The molecule has 1 aliphatic rings. The van der Waals surface area contributed by atoms with E-state index in [1.165, 1.54) is 0 Å². The van der Waals surface area contributed by atoms with E-state index in [2.05, 4.69) is 10.3 Å². The largest absolute Gasteiger partial charge is 0.384 e. The standard InChI is InChI=1S/C5H8N2.C2H6/c1-5-4-6-2-3-7-5;1-2/h3-4,6H,2H2,1H3;1-2H3. The molecule has 0 fully saturated rings. The van der Waals surface area contributed by atoms with Crippen LogP contribution in [0.4, 0.5) is 0 Å². The molecule has 0 saturated carbocycles. The molecule has 1 N–H and O–H groups in total. The molecule has 0 aromatic heterocycles. The van der Waals surface area contributed by atoms with E-state index in [-0.39, 0.29) is 0 Å². The van der Waals surface area contributed by atoms with Crippen LogP contribution in [0.15, 0.2) is 16.9 Å². The fraction of sp³-hybridized carbons (Fsp3) is 0.571. The van der Waals surface area contributed by atoms with Crippen LogP contribution in [0.3, 0.4) is 0 Å². The van der Waals surface area contributed by atoms with Crippen LogP contribution in [0.25, 0.3) is 0 Å². The number of allylic oxidation sites excluding steroid dienone is 1. The highest BCUT2D eigenvalue weighted by Crippen LogP contribution is 1.91. The highest BCUT2D eigenvalue weighted by Gasteiger charge is 1.85. The Bertz CT molecular complexity index is 114. The highest BCUT2D eigenvalue weighted by atomic mass is 14.9. The van der Waals surface area contributed by atoms with Gasteiger partial charge in [0.05, 0.1) is 5.70 Å². The predicted molar refractivity (Wildman–Crippen MR) is 41.6 cm³/mol. The molecular formula is C7H14N2. The van der Waals surface area contributed by atoms with Gasteiger partial charge in [-0.15, -0.1) is 0 Å². The van der Waals surface area contributed by atoms with Crippen molar-refractivity contribution < 1.29 is 0 Å². The zero-order valence-electron chi connectivity index (χ0n) is 6.31. The van der Waals surface area contributed by atoms with Gasteiger partial charge in [-0.3, -0.25) is 4.99 Å². The van der Waals surface area contributed by atoms with Gasteiger partial charge in [-0.05, 0) is 6.92 Å². The number of hydrogen-bond acceptors (Lipinski definition) is 2. The molecule has 0 atom stereocenters. The molecule has 0 aromatic carbocycles. The van der Waals surface area contributed by atoms with Crippen LogP contribution in [-0.4, -0.2) is 12.8 Å². The van der Waals surface area contributed by atoms with Crippen molar-refractivity contribution in [2.45, 2.75) is 20.8 Å². The summed E-state index contributed by atoms with van der Waals surface area (Å²) in [6.45, 7) is 6.83. The summed E-state index contributed by atoms with van der Waals surface area (Å²) in [4.78, 5) is 4.00. The molecule has 0 unspecified atom stereocenters. The first-order valence-corrected chi connectivity index (χ1v) is 3.32. The van der Waals surface area contributed by atoms with Gasteiger partial charge in [0, 0.05) is 19.0 Å². The molecule has 52 valence electrons. The van der Waals surface area contributed by atoms with Crippen LogP contribution in [0.1, 0.15) is 20.8 Å². The Morgan fingerprint density at radius 2 is 2.22 bits per heavy atom. The molecule has 0 spiro atoms. The molecule has 0 bridgehead atoms. The number of rotatable bonds is 0. The summed E-state index contributed by atoms with van der Waals surface area (Å²) in [5, 5.41) is 3.02. The number of aliphatic imine (C=N–C) groups is 1. The van der Waals surface area contributed by atoms with Crippen LogP contribution in [0, 0.1) is 0 Å². The van der Waals surface area contributed by atoms with Gasteiger partial charge in [0.15, 0.2) is 0 Å². The highest BCUT2D eigenvalue weighted by molar-refractivity contribution is 5.62. The third kappa shape index (κ3) is 3.76. The number of nitrogens with one attached hydrogen (secondary N) is 1. The first-order chi connectivity index (χ1) is 4.39. The lowest BCUT2D eigenvalue weighted by Crippen LogP contribution is -2.11. The van der Waals surface area contributed by atoms with E-state index in [1.54, 1.807) is 0 Å². The Morgan fingerprint density at radius 1 is 1.56 bits per heavy atom. The minimum absolute atomic E-state index is 0.872. The zero-order chi connectivity index (χ0) is 7.11. The first-order valence-electron chi connectivity index (χ1n) is 3.32. The summed E-state index contributed by atoms with van der Waals surface area (Å²) < 4.78 is 0. The molecule has 0 saturated heterocycles. The van der Waals surface area contributed by atoms with Crippen LogP contribution in [0.2, 0.25) is 0 Å². The second kappa shape index (κ2) is 5.35. The Balaban J connectivity index is 0.000000291. The van der Waals surface area contributed by atoms with Crippen molar-refractivity contribution in [3.05, 3.63) is 11.9 Å². The van der Waals surface area contributed by atoms with Crippen LogP contribution in [0.5, 0.6) is 0 Å². The van der Waals surface area contributed by atoms with Gasteiger partial charge in [-0.1, -0.05) is 13.8 Å². The fourth-order valence-electron chi connectivity index (χ4n) is 0.486. The van der Waals surface area contributed by atoms with Gasteiger partial charge < -0.3 is 5.32 Å². The third-order valence-electron chi connectivity index (χ3n) is 0.815. The molecule has 9 heavy (non-hydrogen) atoms. The van der Waals surface area contributed by atoms with Gasteiger partial charge in [0.1, 0.15) is 0 Å². The third-order valence-corrected chi connectivity index (χ3v) is 0.815. The van der Waals surface area contributed by atoms with Gasteiger partial charge in [-0.25, -0.2) is 0 Å². The fourth-order valence-corrected chi connectivity index (χ4v) is 0.486. The second-order valence-electron chi connectivity index (χ2n) is 1.51. The van der Waals surface area contributed by atoms with Crippen molar-refractivity contribution in [1.82, 2.24) is 5.32 Å². The van der Waals surface area contributed by atoms with Gasteiger partial charge in [0.2, 0.25) is 0 Å². The topological polar surface area (TPSA) is 24.4 Å². The SMILES string of the molecule is CC.CC1=CNCC=N1. The van der Waals surface area contributed by atoms with Crippen molar-refractivity contribution in [2.75, 3.05) is 6.54 Å². The van der Waals surface area contributed by atoms with E-state index < -0.39 is 0 Å². The Morgan fingerprint density at radius 3 is 2.44 bits per heavy atom. The summed E-state index contributed by atoms with van der Waals surface area (Å²) in [5.74, 6) is 0. The monoisotopic (exact) mass is 126 g/mol. The van der Waals surface area contributed by atoms with Gasteiger partial charge in [0.25, 0.3) is 0 Å². The quantitative estimate of drug-likeness (QED) is 0.523. The van der Waals surface area contributed by atoms with E-state index >= 15 is 0 Å². The number of nitrogens with zero attached hydrogens (tertiary/aromatic N) is 1. The summed E-state index contributed by atoms with van der Waals surface area (Å²) >= 11 is 0. The summed E-state index contributed by atoms with van der Waals surface area (Å²) in [7, 11) is 0. The summed E-state index contributed by atoms with van der Waals surface area (Å²) in [5.41, 5.74) is 1.05. The molecule has 0 aliphatic carbocycles. The number of hydrogen-bond donors (Lipinski definition) is 1. The maximum absolute atomic E-state index is 4.00. The molecule has 1 rings (SSSR count). The van der Waals surface area contributed by atoms with E-state index in [0.29, 0.717) is 0 Å². The normalized spacial score (nSPS) is 14.8. The van der Waals surface area contributed by atoms with Crippen molar-refractivity contribution in [2.24, 2.45) is 4.99 Å². The lowest BCUT2D eigenvalue weighted by atomic mass is 10.5. The molecule has 0 aromatic rings. The summed E-state index contributed by atoms with van der Waals surface area (Å²) in [6.07, 6.45) is 3.76.